The average molecular weight is 232 g/mol. The van der Waals surface area contributed by atoms with Crippen LogP contribution in [0.5, 0.6) is 0 Å². The molecule has 94 valence electrons. The summed E-state index contributed by atoms with van der Waals surface area (Å²) in [6, 6.07) is 11.5. The van der Waals surface area contributed by atoms with Gasteiger partial charge in [0.25, 0.3) is 0 Å². The molecule has 0 spiro atoms. The van der Waals surface area contributed by atoms with Gasteiger partial charge in [-0.2, -0.15) is 0 Å². The van der Waals surface area contributed by atoms with Gasteiger partial charge in [-0.3, -0.25) is 4.90 Å². The Labute approximate surface area is 105 Å². The number of nitrogens with zero attached hydrogens (tertiary/aromatic N) is 1. The molecule has 2 nitrogen and oxygen atoms in total. The molecular formula is C15H24N2. The molecule has 1 aliphatic heterocycles. The summed E-state index contributed by atoms with van der Waals surface area (Å²) in [5.41, 5.74) is 1.47. The lowest BCUT2D eigenvalue weighted by Gasteiger charge is -2.26. The molecule has 1 aliphatic rings. The maximum absolute atomic E-state index is 3.49. The minimum atomic E-state index is 0.688. The first kappa shape index (κ1) is 12.6. The monoisotopic (exact) mass is 232 g/mol. The topological polar surface area (TPSA) is 15.3 Å². The zero-order valence-corrected chi connectivity index (χ0v) is 10.9. The summed E-state index contributed by atoms with van der Waals surface area (Å²) in [4.78, 5) is 2.63. The van der Waals surface area contributed by atoms with Crippen molar-refractivity contribution in [3.8, 4) is 0 Å². The number of benzene rings is 1. The highest BCUT2D eigenvalue weighted by Gasteiger charge is 2.15. The van der Waals surface area contributed by atoms with Gasteiger partial charge in [-0.15, -0.1) is 0 Å². The first-order valence-corrected chi connectivity index (χ1v) is 6.85. The summed E-state index contributed by atoms with van der Waals surface area (Å²) < 4.78 is 0. The smallest absolute Gasteiger partial charge is 0.0192 e. The van der Waals surface area contributed by atoms with E-state index in [4.69, 9.17) is 0 Å². The third kappa shape index (κ3) is 4.14. The molecule has 2 rings (SSSR count). The van der Waals surface area contributed by atoms with E-state index in [1.165, 1.54) is 44.5 Å². The Hall–Kier alpha value is -0.860. The summed E-state index contributed by atoms with van der Waals surface area (Å²) in [5, 5.41) is 3.49. The Bertz CT molecular complexity index is 310. The fourth-order valence-electron chi connectivity index (χ4n) is 2.53. The molecule has 1 saturated heterocycles. The Morgan fingerprint density at radius 2 is 2.12 bits per heavy atom. The average Bonchev–Trinajstić information content (AvgIpc) is 2.56. The number of hydrogen-bond donors (Lipinski definition) is 1. The molecule has 1 aromatic rings. The lowest BCUT2D eigenvalue weighted by atomic mass is 10.1. The number of nitrogens with one attached hydrogen (secondary N) is 1. The molecular weight excluding hydrogens is 208 g/mol. The van der Waals surface area contributed by atoms with E-state index in [0.717, 1.165) is 6.54 Å². The molecule has 1 fully saturated rings. The van der Waals surface area contributed by atoms with E-state index in [1.807, 2.05) is 0 Å². The van der Waals surface area contributed by atoms with Crippen LogP contribution in [0.3, 0.4) is 0 Å². The lowest BCUT2D eigenvalue weighted by Crippen LogP contribution is -2.38. The maximum atomic E-state index is 3.49. The quantitative estimate of drug-likeness (QED) is 0.857. The van der Waals surface area contributed by atoms with Gasteiger partial charge in [-0.25, -0.2) is 0 Å². The van der Waals surface area contributed by atoms with Crippen molar-refractivity contribution in [2.24, 2.45) is 0 Å². The molecule has 1 atom stereocenters. The predicted octanol–water partition coefficient (Wildman–Crippen LogP) is 2.30. The standard InChI is InChI=1S/C15H24N2/c1-14-13-16-10-6-12-17(14)11-5-9-15-7-3-2-4-8-15/h2-4,7-8,14,16H,5-6,9-13H2,1H3. The zero-order valence-electron chi connectivity index (χ0n) is 10.9. The molecule has 0 bridgehead atoms. The molecule has 2 heteroatoms. The van der Waals surface area contributed by atoms with Crippen LogP contribution >= 0.6 is 0 Å². The second-order valence-corrected chi connectivity index (χ2v) is 5.03. The molecule has 0 radical (unpaired) electrons. The first-order chi connectivity index (χ1) is 8.36. The Morgan fingerprint density at radius 3 is 2.94 bits per heavy atom. The summed E-state index contributed by atoms with van der Waals surface area (Å²) in [6.45, 7) is 7.15. The highest BCUT2D eigenvalue weighted by atomic mass is 15.2. The number of aryl methyl sites for hydroxylation is 1. The summed E-state index contributed by atoms with van der Waals surface area (Å²) in [5.74, 6) is 0. The van der Waals surface area contributed by atoms with Crippen molar-refractivity contribution < 1.29 is 0 Å². The van der Waals surface area contributed by atoms with Crippen molar-refractivity contribution in [3.63, 3.8) is 0 Å². The molecule has 0 amide bonds. The third-order valence-corrected chi connectivity index (χ3v) is 3.62. The van der Waals surface area contributed by atoms with Crippen LogP contribution in [-0.2, 0) is 6.42 Å². The van der Waals surface area contributed by atoms with E-state index in [-0.39, 0.29) is 0 Å². The van der Waals surface area contributed by atoms with E-state index in [2.05, 4.69) is 47.5 Å². The van der Waals surface area contributed by atoms with E-state index < -0.39 is 0 Å². The third-order valence-electron chi connectivity index (χ3n) is 3.62. The fourth-order valence-corrected chi connectivity index (χ4v) is 2.53. The Kier molecular flexibility index (Phi) is 5.02. The van der Waals surface area contributed by atoms with Crippen molar-refractivity contribution in [3.05, 3.63) is 35.9 Å². The Morgan fingerprint density at radius 1 is 1.29 bits per heavy atom. The summed E-state index contributed by atoms with van der Waals surface area (Å²) in [7, 11) is 0. The van der Waals surface area contributed by atoms with E-state index in [9.17, 15) is 0 Å². The van der Waals surface area contributed by atoms with Crippen LogP contribution in [0.1, 0.15) is 25.3 Å². The van der Waals surface area contributed by atoms with Gasteiger partial charge >= 0.3 is 0 Å². The molecule has 17 heavy (non-hydrogen) atoms. The molecule has 0 saturated carbocycles. The van der Waals surface area contributed by atoms with Crippen LogP contribution in [0, 0.1) is 0 Å². The van der Waals surface area contributed by atoms with Crippen LogP contribution < -0.4 is 5.32 Å². The normalized spacial score (nSPS) is 22.3. The van der Waals surface area contributed by atoms with Crippen molar-refractivity contribution in [2.75, 3.05) is 26.2 Å². The highest BCUT2D eigenvalue weighted by Crippen LogP contribution is 2.08. The van der Waals surface area contributed by atoms with Crippen LogP contribution in [0.15, 0.2) is 30.3 Å². The molecule has 0 aromatic heterocycles. The second kappa shape index (κ2) is 6.77. The molecule has 1 unspecified atom stereocenters. The largest absolute Gasteiger partial charge is 0.315 e. The van der Waals surface area contributed by atoms with Crippen molar-refractivity contribution >= 4 is 0 Å². The van der Waals surface area contributed by atoms with Crippen molar-refractivity contribution in [1.82, 2.24) is 10.2 Å². The summed E-state index contributed by atoms with van der Waals surface area (Å²) in [6.07, 6.45) is 3.77. The van der Waals surface area contributed by atoms with Crippen LogP contribution in [0.4, 0.5) is 0 Å². The second-order valence-electron chi connectivity index (χ2n) is 5.03. The van der Waals surface area contributed by atoms with Crippen LogP contribution in [0.2, 0.25) is 0 Å². The molecule has 1 aromatic carbocycles. The van der Waals surface area contributed by atoms with Gasteiger partial charge < -0.3 is 5.32 Å². The number of rotatable bonds is 4. The molecule has 1 N–H and O–H groups in total. The van der Waals surface area contributed by atoms with Crippen LogP contribution in [-0.4, -0.2) is 37.1 Å². The van der Waals surface area contributed by atoms with Gasteiger partial charge in [0.15, 0.2) is 0 Å². The van der Waals surface area contributed by atoms with Gasteiger partial charge in [0.2, 0.25) is 0 Å². The first-order valence-electron chi connectivity index (χ1n) is 6.85. The zero-order chi connectivity index (χ0) is 11.9. The Balaban J connectivity index is 1.73. The SMILES string of the molecule is CC1CNCCCN1CCCc1ccccc1. The van der Waals surface area contributed by atoms with E-state index in [1.54, 1.807) is 0 Å². The minimum Gasteiger partial charge on any atom is -0.315 e. The van der Waals surface area contributed by atoms with Gasteiger partial charge in [-0.05, 0) is 51.4 Å². The van der Waals surface area contributed by atoms with Gasteiger partial charge in [0.05, 0.1) is 0 Å². The van der Waals surface area contributed by atoms with Crippen molar-refractivity contribution in [2.45, 2.75) is 32.2 Å². The highest BCUT2D eigenvalue weighted by molar-refractivity contribution is 5.14. The fraction of sp³-hybridized carbons (Fsp3) is 0.600. The molecule has 1 heterocycles. The van der Waals surface area contributed by atoms with Gasteiger partial charge in [0, 0.05) is 12.6 Å². The lowest BCUT2D eigenvalue weighted by molar-refractivity contribution is 0.220. The predicted molar refractivity (Wildman–Crippen MR) is 73.3 cm³/mol. The van der Waals surface area contributed by atoms with Crippen molar-refractivity contribution in [1.29, 1.82) is 0 Å². The van der Waals surface area contributed by atoms with Gasteiger partial charge in [-0.1, -0.05) is 30.3 Å². The van der Waals surface area contributed by atoms with E-state index in [0.29, 0.717) is 6.04 Å². The van der Waals surface area contributed by atoms with Crippen LogP contribution in [0.25, 0.3) is 0 Å². The number of hydrogen-bond acceptors (Lipinski definition) is 2. The molecule has 0 aliphatic carbocycles. The van der Waals surface area contributed by atoms with E-state index >= 15 is 0 Å². The maximum Gasteiger partial charge on any atom is 0.0192 e. The van der Waals surface area contributed by atoms with Gasteiger partial charge in [0.1, 0.15) is 0 Å². The minimum absolute atomic E-state index is 0.688. The summed E-state index contributed by atoms with van der Waals surface area (Å²) >= 11 is 0.